The minimum Gasteiger partial charge on any atom is -0.297 e. The van der Waals surface area contributed by atoms with Gasteiger partial charge in [-0.05, 0) is 125 Å². The molecule has 10 aromatic rings. The molecule has 246 valence electrons. The van der Waals surface area contributed by atoms with Crippen molar-refractivity contribution in [2.45, 2.75) is 12.3 Å². The lowest BCUT2D eigenvalue weighted by atomic mass is 9.68. The molecule has 2 nitrogen and oxygen atoms in total. The number of imidazole rings is 1. The van der Waals surface area contributed by atoms with Crippen LogP contribution in [0, 0.1) is 6.92 Å². The summed E-state index contributed by atoms with van der Waals surface area (Å²) in [7, 11) is 0. The van der Waals surface area contributed by atoms with E-state index in [0.29, 0.717) is 0 Å². The van der Waals surface area contributed by atoms with Crippen LogP contribution in [0.5, 0.6) is 0 Å². The molecule has 0 N–H and O–H groups in total. The van der Waals surface area contributed by atoms with Crippen LogP contribution in [-0.2, 0) is 5.41 Å². The van der Waals surface area contributed by atoms with Crippen LogP contribution in [0.2, 0.25) is 0 Å². The standard InChI is InChI=1S/C51H32N2/c1-31-52-46-24-12-13-25-47(46)53(31)33-28-26-32(27-29-33)42-30-43-48-39-19-5-2-14-34(39)35-15-3-7-21-41(35)50(48)51(49(43)40-20-6-4-16-36(40)42)44-22-10-8-17-37(44)38-18-9-11-23-45(38)51/h2-30H,1H3. The Morgan fingerprint density at radius 1 is 0.434 bits per heavy atom. The molecule has 2 aliphatic carbocycles. The lowest BCUT2D eigenvalue weighted by molar-refractivity contribution is 0.809. The summed E-state index contributed by atoms with van der Waals surface area (Å²) in [4.78, 5) is 4.85. The van der Waals surface area contributed by atoms with E-state index in [0.717, 1.165) is 22.5 Å². The van der Waals surface area contributed by atoms with Gasteiger partial charge in [-0.1, -0.05) is 146 Å². The van der Waals surface area contributed by atoms with Crippen molar-refractivity contribution in [2.24, 2.45) is 0 Å². The quantitative estimate of drug-likeness (QED) is 0.167. The lowest BCUT2D eigenvalue weighted by Crippen LogP contribution is -2.26. The molecule has 1 spiro atoms. The fourth-order valence-corrected chi connectivity index (χ4v) is 10.2. The van der Waals surface area contributed by atoms with Gasteiger partial charge in [0, 0.05) is 5.69 Å². The van der Waals surface area contributed by atoms with Crippen molar-refractivity contribution >= 4 is 43.4 Å². The molecular weight excluding hydrogens is 641 g/mol. The molecule has 0 bridgehead atoms. The number of benzene rings is 9. The van der Waals surface area contributed by atoms with Crippen molar-refractivity contribution in [2.75, 3.05) is 0 Å². The minimum absolute atomic E-state index is 0.483. The predicted octanol–water partition coefficient (Wildman–Crippen LogP) is 12.8. The first-order chi connectivity index (χ1) is 26.2. The second kappa shape index (κ2) is 10.4. The van der Waals surface area contributed by atoms with E-state index in [2.05, 4.69) is 187 Å². The molecule has 0 saturated carbocycles. The highest BCUT2D eigenvalue weighted by molar-refractivity contribution is 6.22. The van der Waals surface area contributed by atoms with Gasteiger partial charge in [-0.25, -0.2) is 4.98 Å². The molecule has 0 radical (unpaired) electrons. The largest absolute Gasteiger partial charge is 0.297 e. The fraction of sp³-hybridized carbons (Fsp3) is 0.0392. The maximum absolute atomic E-state index is 4.85. The van der Waals surface area contributed by atoms with E-state index in [1.165, 1.54) is 88.0 Å². The van der Waals surface area contributed by atoms with E-state index >= 15 is 0 Å². The van der Waals surface area contributed by atoms with Crippen LogP contribution < -0.4 is 0 Å². The SMILES string of the molecule is Cc1nc2ccccc2n1-c1ccc(-c2cc3c(c4ccccc24)C2(c4ccccc4-c4ccccc42)c2c-3c3ccccc3c3ccccc23)cc1. The van der Waals surface area contributed by atoms with Gasteiger partial charge in [0.15, 0.2) is 0 Å². The third-order valence-corrected chi connectivity index (χ3v) is 12.1. The summed E-state index contributed by atoms with van der Waals surface area (Å²) in [6.07, 6.45) is 0. The summed E-state index contributed by atoms with van der Waals surface area (Å²) in [5, 5.41) is 7.80. The molecule has 0 unspecified atom stereocenters. The Bertz CT molecular complexity index is 3130. The lowest BCUT2D eigenvalue weighted by Gasteiger charge is -2.33. The average molecular weight is 673 g/mol. The zero-order chi connectivity index (χ0) is 34.8. The Morgan fingerprint density at radius 2 is 0.962 bits per heavy atom. The van der Waals surface area contributed by atoms with Gasteiger partial charge < -0.3 is 0 Å². The van der Waals surface area contributed by atoms with E-state index in [1.807, 2.05) is 0 Å². The van der Waals surface area contributed by atoms with Crippen molar-refractivity contribution in [1.82, 2.24) is 9.55 Å². The Hall–Kier alpha value is -6.77. The van der Waals surface area contributed by atoms with Crippen LogP contribution in [0.4, 0.5) is 0 Å². The first kappa shape index (κ1) is 28.9. The Kier molecular flexibility index (Phi) is 5.67. The third kappa shape index (κ3) is 3.60. The Labute approximate surface area is 307 Å². The van der Waals surface area contributed by atoms with Crippen molar-refractivity contribution in [3.63, 3.8) is 0 Å². The molecule has 0 aliphatic heterocycles. The van der Waals surface area contributed by atoms with Gasteiger partial charge in [0.2, 0.25) is 0 Å². The van der Waals surface area contributed by atoms with Gasteiger partial charge in [-0.15, -0.1) is 0 Å². The monoisotopic (exact) mass is 672 g/mol. The van der Waals surface area contributed by atoms with Crippen LogP contribution in [0.15, 0.2) is 176 Å². The third-order valence-electron chi connectivity index (χ3n) is 12.1. The number of rotatable bonds is 2. The van der Waals surface area contributed by atoms with E-state index in [4.69, 9.17) is 4.98 Å². The minimum atomic E-state index is -0.483. The fourth-order valence-electron chi connectivity index (χ4n) is 10.2. The topological polar surface area (TPSA) is 17.8 Å². The number of fused-ring (bicyclic) bond motifs is 18. The molecule has 53 heavy (non-hydrogen) atoms. The summed E-state index contributed by atoms with van der Waals surface area (Å²) >= 11 is 0. The summed E-state index contributed by atoms with van der Waals surface area (Å²) in [6, 6.07) is 65.5. The van der Waals surface area contributed by atoms with Crippen molar-refractivity contribution in [3.8, 4) is 39.1 Å². The molecule has 12 rings (SSSR count). The molecule has 2 aliphatic rings. The van der Waals surface area contributed by atoms with Crippen molar-refractivity contribution < 1.29 is 0 Å². The Morgan fingerprint density at radius 3 is 1.66 bits per heavy atom. The average Bonchev–Trinajstić information content (AvgIpc) is 3.83. The van der Waals surface area contributed by atoms with Crippen LogP contribution in [0.1, 0.15) is 28.1 Å². The highest BCUT2D eigenvalue weighted by Crippen LogP contribution is 2.67. The van der Waals surface area contributed by atoms with Gasteiger partial charge in [0.25, 0.3) is 0 Å². The molecule has 1 heterocycles. The highest BCUT2D eigenvalue weighted by Gasteiger charge is 2.54. The zero-order valence-electron chi connectivity index (χ0n) is 29.1. The number of hydrogen-bond acceptors (Lipinski definition) is 1. The van der Waals surface area contributed by atoms with Gasteiger partial charge in [-0.3, -0.25) is 4.57 Å². The predicted molar refractivity (Wildman–Crippen MR) is 220 cm³/mol. The Balaban J connectivity index is 1.22. The molecule has 0 atom stereocenters. The van der Waals surface area contributed by atoms with Crippen molar-refractivity contribution in [3.05, 3.63) is 204 Å². The summed E-state index contributed by atoms with van der Waals surface area (Å²) in [5.74, 6) is 0.986. The van der Waals surface area contributed by atoms with Crippen LogP contribution in [0.3, 0.4) is 0 Å². The molecule has 1 aromatic heterocycles. The van der Waals surface area contributed by atoms with Crippen molar-refractivity contribution in [1.29, 1.82) is 0 Å². The molecule has 2 heteroatoms. The van der Waals surface area contributed by atoms with Crippen LogP contribution >= 0.6 is 0 Å². The number of aromatic nitrogens is 2. The van der Waals surface area contributed by atoms with E-state index in [-0.39, 0.29) is 0 Å². The first-order valence-corrected chi connectivity index (χ1v) is 18.5. The van der Waals surface area contributed by atoms with Gasteiger partial charge in [-0.2, -0.15) is 0 Å². The van der Waals surface area contributed by atoms with Crippen LogP contribution in [-0.4, -0.2) is 9.55 Å². The molecule has 9 aromatic carbocycles. The summed E-state index contributed by atoms with van der Waals surface area (Å²) in [6.45, 7) is 2.09. The normalized spacial score (nSPS) is 13.5. The smallest absolute Gasteiger partial charge is 0.111 e. The maximum atomic E-state index is 4.85. The zero-order valence-corrected chi connectivity index (χ0v) is 29.1. The summed E-state index contributed by atoms with van der Waals surface area (Å²) < 4.78 is 2.26. The van der Waals surface area contributed by atoms with Gasteiger partial charge >= 0.3 is 0 Å². The number of nitrogens with zero attached hydrogens (tertiary/aromatic N) is 2. The summed E-state index contributed by atoms with van der Waals surface area (Å²) in [5.41, 5.74) is 16.1. The highest BCUT2D eigenvalue weighted by atomic mass is 15.1. The first-order valence-electron chi connectivity index (χ1n) is 18.5. The van der Waals surface area contributed by atoms with Gasteiger partial charge in [0.05, 0.1) is 16.4 Å². The van der Waals surface area contributed by atoms with E-state index in [1.54, 1.807) is 0 Å². The number of hydrogen-bond donors (Lipinski definition) is 0. The van der Waals surface area contributed by atoms with Crippen LogP contribution in [0.25, 0.3) is 82.4 Å². The second-order valence-electron chi connectivity index (χ2n) is 14.6. The molecule has 0 fully saturated rings. The molecular formula is C51H32N2. The number of aryl methyl sites for hydroxylation is 1. The maximum Gasteiger partial charge on any atom is 0.111 e. The molecule has 0 amide bonds. The van der Waals surface area contributed by atoms with Gasteiger partial charge in [0.1, 0.15) is 5.82 Å². The second-order valence-corrected chi connectivity index (χ2v) is 14.6. The molecule has 0 saturated heterocycles. The number of para-hydroxylation sites is 2. The van der Waals surface area contributed by atoms with E-state index < -0.39 is 5.41 Å². The van der Waals surface area contributed by atoms with E-state index in [9.17, 15) is 0 Å².